The summed E-state index contributed by atoms with van der Waals surface area (Å²) in [6, 6.07) is 15.6. The maximum absolute atomic E-state index is 12.3. The lowest BCUT2D eigenvalue weighted by Gasteiger charge is -2.28. The lowest BCUT2D eigenvalue weighted by Crippen LogP contribution is -2.29. The van der Waals surface area contributed by atoms with Crippen molar-refractivity contribution in [3.05, 3.63) is 59.7 Å². The van der Waals surface area contributed by atoms with E-state index in [1.165, 1.54) is 30.5 Å². The lowest BCUT2D eigenvalue weighted by atomic mass is 10.1. The van der Waals surface area contributed by atoms with Gasteiger partial charge in [0.05, 0.1) is 4.90 Å². The van der Waals surface area contributed by atoms with Gasteiger partial charge in [-0.3, -0.25) is 0 Å². The second-order valence-corrected chi connectivity index (χ2v) is 8.80. The number of aryl methyl sites for hydroxylation is 2. The van der Waals surface area contributed by atoms with Crippen LogP contribution >= 0.6 is 0 Å². The molecular formula is C21H28N2O2S. The van der Waals surface area contributed by atoms with Crippen LogP contribution in [0.25, 0.3) is 0 Å². The van der Waals surface area contributed by atoms with Crippen molar-refractivity contribution in [1.29, 1.82) is 0 Å². The van der Waals surface area contributed by atoms with Crippen LogP contribution in [0.4, 0.5) is 5.69 Å². The second kappa shape index (κ2) is 8.69. The van der Waals surface area contributed by atoms with Crippen LogP contribution in [0.1, 0.15) is 36.8 Å². The Labute approximate surface area is 157 Å². The Hall–Kier alpha value is -1.85. The maximum Gasteiger partial charge on any atom is 0.240 e. The molecule has 2 aromatic rings. The smallest absolute Gasteiger partial charge is 0.240 e. The molecule has 0 unspecified atom stereocenters. The Morgan fingerprint density at radius 2 is 1.58 bits per heavy atom. The summed E-state index contributed by atoms with van der Waals surface area (Å²) in [5, 5.41) is 0. The monoisotopic (exact) mass is 372 g/mol. The van der Waals surface area contributed by atoms with Gasteiger partial charge in [-0.05, 0) is 68.9 Å². The molecule has 0 bridgehead atoms. The third-order valence-corrected chi connectivity index (χ3v) is 6.40. The number of nitrogens with zero attached hydrogens (tertiary/aromatic N) is 1. The van der Waals surface area contributed by atoms with Gasteiger partial charge in [-0.15, -0.1) is 0 Å². The van der Waals surface area contributed by atoms with E-state index in [4.69, 9.17) is 0 Å². The highest BCUT2D eigenvalue weighted by atomic mass is 32.2. The predicted molar refractivity (Wildman–Crippen MR) is 107 cm³/mol. The van der Waals surface area contributed by atoms with E-state index in [9.17, 15) is 8.42 Å². The number of benzene rings is 2. The van der Waals surface area contributed by atoms with Gasteiger partial charge in [0.15, 0.2) is 0 Å². The van der Waals surface area contributed by atoms with Crippen LogP contribution in [0.3, 0.4) is 0 Å². The summed E-state index contributed by atoms with van der Waals surface area (Å²) in [5.41, 5.74) is 3.60. The van der Waals surface area contributed by atoms with Crippen molar-refractivity contribution in [2.75, 3.05) is 24.5 Å². The molecule has 1 heterocycles. The molecule has 1 aliphatic heterocycles. The minimum atomic E-state index is -3.41. The fraction of sp³-hybridized carbons (Fsp3) is 0.429. The first-order valence-corrected chi connectivity index (χ1v) is 10.9. The van der Waals surface area contributed by atoms with Crippen molar-refractivity contribution >= 4 is 15.7 Å². The highest BCUT2D eigenvalue weighted by Gasteiger charge is 2.13. The summed E-state index contributed by atoms with van der Waals surface area (Å²) < 4.78 is 27.2. The number of nitrogens with one attached hydrogen (secondary N) is 1. The van der Waals surface area contributed by atoms with Crippen LogP contribution in [0.2, 0.25) is 0 Å². The number of hydrogen-bond acceptors (Lipinski definition) is 3. The van der Waals surface area contributed by atoms with Crippen molar-refractivity contribution in [2.24, 2.45) is 0 Å². The molecule has 26 heavy (non-hydrogen) atoms. The molecule has 0 radical (unpaired) electrons. The van der Waals surface area contributed by atoms with E-state index in [1.807, 2.05) is 19.1 Å². The van der Waals surface area contributed by atoms with Gasteiger partial charge in [-0.2, -0.15) is 0 Å². The molecule has 1 aliphatic rings. The molecular weight excluding hydrogens is 344 g/mol. The zero-order valence-electron chi connectivity index (χ0n) is 15.4. The molecule has 0 amide bonds. The molecule has 1 saturated heterocycles. The summed E-state index contributed by atoms with van der Waals surface area (Å²) in [4.78, 5) is 2.78. The number of piperidine rings is 1. The molecule has 1 N–H and O–H groups in total. The Morgan fingerprint density at radius 3 is 2.23 bits per heavy atom. The van der Waals surface area contributed by atoms with Crippen LogP contribution in [-0.4, -0.2) is 28.1 Å². The fourth-order valence-corrected chi connectivity index (χ4v) is 4.40. The minimum Gasteiger partial charge on any atom is -0.372 e. The SMILES string of the molecule is Cc1ccc(S(=O)(=O)NCCCc2ccc(N3CCCCC3)cc2)cc1. The first-order chi connectivity index (χ1) is 12.5. The van der Waals surface area contributed by atoms with Gasteiger partial charge >= 0.3 is 0 Å². The quantitative estimate of drug-likeness (QED) is 0.750. The van der Waals surface area contributed by atoms with Crippen LogP contribution in [0.15, 0.2) is 53.4 Å². The van der Waals surface area contributed by atoms with Crippen LogP contribution in [0, 0.1) is 6.92 Å². The molecule has 140 valence electrons. The Kier molecular flexibility index (Phi) is 6.33. The van der Waals surface area contributed by atoms with Gasteiger partial charge in [0.2, 0.25) is 10.0 Å². The summed E-state index contributed by atoms with van der Waals surface area (Å²) in [6.07, 6.45) is 5.56. The van der Waals surface area contributed by atoms with Crippen molar-refractivity contribution < 1.29 is 8.42 Å². The van der Waals surface area contributed by atoms with Gasteiger partial charge in [-0.25, -0.2) is 13.1 Å². The maximum atomic E-state index is 12.3. The van der Waals surface area contributed by atoms with Crippen molar-refractivity contribution in [2.45, 2.75) is 43.9 Å². The molecule has 2 aromatic carbocycles. The molecule has 0 aromatic heterocycles. The van der Waals surface area contributed by atoms with E-state index in [0.29, 0.717) is 11.4 Å². The standard InChI is InChI=1S/C21H28N2O2S/c1-18-7-13-21(14-8-18)26(24,25)22-15-5-6-19-9-11-20(12-10-19)23-16-3-2-4-17-23/h7-14,22H,2-6,15-17H2,1H3. The molecule has 0 saturated carbocycles. The number of sulfonamides is 1. The number of rotatable bonds is 7. The Bertz CT molecular complexity index is 793. The van der Waals surface area contributed by atoms with Gasteiger partial charge in [0.25, 0.3) is 0 Å². The average Bonchev–Trinajstić information content (AvgIpc) is 2.67. The number of anilines is 1. The molecule has 5 heteroatoms. The topological polar surface area (TPSA) is 49.4 Å². The summed E-state index contributed by atoms with van der Waals surface area (Å²) >= 11 is 0. The molecule has 0 atom stereocenters. The van der Waals surface area contributed by atoms with Gasteiger partial charge in [0.1, 0.15) is 0 Å². The highest BCUT2D eigenvalue weighted by molar-refractivity contribution is 7.89. The van der Waals surface area contributed by atoms with Gasteiger partial charge < -0.3 is 4.90 Å². The first-order valence-electron chi connectivity index (χ1n) is 9.45. The number of hydrogen-bond donors (Lipinski definition) is 1. The van der Waals surface area contributed by atoms with E-state index in [-0.39, 0.29) is 0 Å². The molecule has 4 nitrogen and oxygen atoms in total. The Morgan fingerprint density at radius 1 is 0.923 bits per heavy atom. The third-order valence-electron chi connectivity index (χ3n) is 4.92. The van der Waals surface area contributed by atoms with Crippen LogP contribution < -0.4 is 9.62 Å². The fourth-order valence-electron chi connectivity index (χ4n) is 3.33. The van der Waals surface area contributed by atoms with E-state index >= 15 is 0 Å². The molecule has 3 rings (SSSR count). The van der Waals surface area contributed by atoms with Crippen molar-refractivity contribution in [3.63, 3.8) is 0 Å². The van der Waals surface area contributed by atoms with Crippen molar-refractivity contribution in [3.8, 4) is 0 Å². The summed E-state index contributed by atoms with van der Waals surface area (Å²) in [6.45, 7) is 4.70. The van der Waals surface area contributed by atoms with Crippen LogP contribution in [0.5, 0.6) is 0 Å². The molecule has 0 spiro atoms. The average molecular weight is 373 g/mol. The van der Waals surface area contributed by atoms with E-state index < -0.39 is 10.0 Å². The van der Waals surface area contributed by atoms with Gasteiger partial charge in [0, 0.05) is 25.3 Å². The van der Waals surface area contributed by atoms with Gasteiger partial charge in [-0.1, -0.05) is 29.8 Å². The third kappa shape index (κ3) is 5.08. The predicted octanol–water partition coefficient (Wildman–Crippen LogP) is 3.90. The van der Waals surface area contributed by atoms with Crippen LogP contribution in [-0.2, 0) is 16.4 Å². The van der Waals surface area contributed by atoms with E-state index in [0.717, 1.165) is 31.5 Å². The summed E-state index contributed by atoms with van der Waals surface area (Å²) in [5.74, 6) is 0. The zero-order valence-corrected chi connectivity index (χ0v) is 16.3. The van der Waals surface area contributed by atoms with E-state index in [2.05, 4.69) is 33.9 Å². The lowest BCUT2D eigenvalue weighted by molar-refractivity contribution is 0.577. The Balaban J connectivity index is 1.46. The molecule has 1 fully saturated rings. The largest absolute Gasteiger partial charge is 0.372 e. The first kappa shape index (κ1) is 18.9. The van der Waals surface area contributed by atoms with Crippen molar-refractivity contribution in [1.82, 2.24) is 4.72 Å². The minimum absolute atomic E-state index is 0.328. The zero-order chi connectivity index (χ0) is 18.4. The highest BCUT2D eigenvalue weighted by Crippen LogP contribution is 2.20. The van der Waals surface area contributed by atoms with E-state index in [1.54, 1.807) is 12.1 Å². The second-order valence-electron chi connectivity index (χ2n) is 7.03. The summed E-state index contributed by atoms with van der Waals surface area (Å²) in [7, 11) is -3.41. The normalized spacial score (nSPS) is 15.2. The molecule has 0 aliphatic carbocycles.